The first kappa shape index (κ1) is 13.0. The number of aromatic nitrogens is 1. The van der Waals surface area contributed by atoms with Crippen molar-refractivity contribution < 1.29 is 14.7 Å². The number of amides is 1. The van der Waals surface area contributed by atoms with Gasteiger partial charge < -0.3 is 10.0 Å². The fraction of sp³-hybridized carbons (Fsp3) is 0.583. The van der Waals surface area contributed by atoms with Crippen molar-refractivity contribution in [3.05, 3.63) is 15.6 Å². The average molecular weight is 268 g/mol. The molecule has 1 aromatic heterocycles. The number of piperidine rings is 1. The van der Waals surface area contributed by atoms with Gasteiger partial charge in [0.1, 0.15) is 10.9 Å². The Morgan fingerprint density at radius 2 is 2.11 bits per heavy atom. The van der Waals surface area contributed by atoms with Crippen LogP contribution in [0.5, 0.6) is 0 Å². The number of thiazole rings is 1. The molecule has 1 atom stereocenters. The fourth-order valence-electron chi connectivity index (χ4n) is 2.29. The summed E-state index contributed by atoms with van der Waals surface area (Å²) >= 11 is 1.33. The van der Waals surface area contributed by atoms with E-state index in [-0.39, 0.29) is 5.91 Å². The van der Waals surface area contributed by atoms with Gasteiger partial charge in [0, 0.05) is 6.54 Å². The van der Waals surface area contributed by atoms with Crippen LogP contribution < -0.4 is 0 Å². The molecular formula is C12H16N2O3S. The van der Waals surface area contributed by atoms with E-state index in [0.29, 0.717) is 23.5 Å². The SMILES string of the molecule is Cc1nc(C)c(C(=O)N2CCCCC2C(=O)O)s1. The Kier molecular flexibility index (Phi) is 3.65. The maximum absolute atomic E-state index is 12.4. The summed E-state index contributed by atoms with van der Waals surface area (Å²) < 4.78 is 0. The number of aryl methyl sites for hydroxylation is 2. The molecule has 98 valence electrons. The molecule has 1 amide bonds. The summed E-state index contributed by atoms with van der Waals surface area (Å²) in [7, 11) is 0. The smallest absolute Gasteiger partial charge is 0.326 e. The number of carbonyl (C=O) groups is 2. The van der Waals surface area contributed by atoms with Gasteiger partial charge in [0.05, 0.1) is 10.7 Å². The second kappa shape index (κ2) is 5.06. The van der Waals surface area contributed by atoms with Gasteiger partial charge in [0.25, 0.3) is 5.91 Å². The lowest BCUT2D eigenvalue weighted by Gasteiger charge is -2.32. The number of rotatable bonds is 2. The highest BCUT2D eigenvalue weighted by Gasteiger charge is 2.33. The lowest BCUT2D eigenvalue weighted by atomic mass is 10.0. The van der Waals surface area contributed by atoms with Crippen LogP contribution in [0.3, 0.4) is 0 Å². The quantitative estimate of drug-likeness (QED) is 0.888. The van der Waals surface area contributed by atoms with E-state index in [0.717, 1.165) is 17.8 Å². The zero-order chi connectivity index (χ0) is 13.3. The molecule has 0 aromatic carbocycles. The van der Waals surface area contributed by atoms with Gasteiger partial charge in [0.15, 0.2) is 0 Å². The normalized spacial score (nSPS) is 19.9. The van der Waals surface area contributed by atoms with Crippen molar-refractivity contribution in [1.29, 1.82) is 0 Å². The molecular weight excluding hydrogens is 252 g/mol. The van der Waals surface area contributed by atoms with Crippen LogP contribution in [-0.4, -0.2) is 39.5 Å². The van der Waals surface area contributed by atoms with E-state index in [4.69, 9.17) is 0 Å². The highest BCUT2D eigenvalue weighted by Crippen LogP contribution is 2.24. The number of aliphatic carboxylic acids is 1. The van der Waals surface area contributed by atoms with Gasteiger partial charge in [-0.3, -0.25) is 4.79 Å². The number of likely N-dealkylation sites (tertiary alicyclic amines) is 1. The van der Waals surface area contributed by atoms with Gasteiger partial charge in [-0.2, -0.15) is 0 Å². The van der Waals surface area contributed by atoms with E-state index < -0.39 is 12.0 Å². The fourth-order valence-corrected chi connectivity index (χ4v) is 3.17. The highest BCUT2D eigenvalue weighted by atomic mass is 32.1. The standard InChI is InChI=1S/C12H16N2O3S/c1-7-10(18-8(2)13-7)11(15)14-6-4-3-5-9(14)12(16)17/h9H,3-6H2,1-2H3,(H,16,17). The predicted octanol–water partition coefficient (Wildman–Crippen LogP) is 1.84. The van der Waals surface area contributed by atoms with E-state index in [1.165, 1.54) is 16.2 Å². The molecule has 1 aliphatic heterocycles. The molecule has 0 radical (unpaired) electrons. The van der Waals surface area contributed by atoms with Crippen molar-refractivity contribution in [3.63, 3.8) is 0 Å². The largest absolute Gasteiger partial charge is 0.480 e. The van der Waals surface area contributed by atoms with Crippen molar-refractivity contribution in [2.24, 2.45) is 0 Å². The van der Waals surface area contributed by atoms with Gasteiger partial charge in [0.2, 0.25) is 0 Å². The molecule has 5 nitrogen and oxygen atoms in total. The Labute approximate surface area is 109 Å². The van der Waals surface area contributed by atoms with Crippen molar-refractivity contribution in [2.75, 3.05) is 6.54 Å². The molecule has 18 heavy (non-hydrogen) atoms. The molecule has 0 saturated carbocycles. The summed E-state index contributed by atoms with van der Waals surface area (Å²) in [5, 5.41) is 10.0. The molecule has 0 spiro atoms. The minimum Gasteiger partial charge on any atom is -0.480 e. The summed E-state index contributed by atoms with van der Waals surface area (Å²) in [5.74, 6) is -1.10. The summed E-state index contributed by atoms with van der Waals surface area (Å²) in [6.45, 7) is 4.15. The molecule has 0 aliphatic carbocycles. The van der Waals surface area contributed by atoms with E-state index in [1.807, 2.05) is 6.92 Å². The number of carbonyl (C=O) groups excluding carboxylic acids is 1. The molecule has 2 heterocycles. The Bertz CT molecular complexity index is 484. The van der Waals surface area contributed by atoms with Gasteiger partial charge >= 0.3 is 5.97 Å². The number of nitrogens with zero attached hydrogens (tertiary/aromatic N) is 2. The Hall–Kier alpha value is -1.43. The lowest BCUT2D eigenvalue weighted by Crippen LogP contribution is -2.47. The minimum absolute atomic E-state index is 0.190. The second-order valence-electron chi connectivity index (χ2n) is 4.50. The summed E-state index contributed by atoms with van der Waals surface area (Å²) in [5.41, 5.74) is 0.692. The van der Waals surface area contributed by atoms with E-state index in [1.54, 1.807) is 6.92 Å². The molecule has 1 unspecified atom stereocenters. The summed E-state index contributed by atoms with van der Waals surface area (Å²) in [6.07, 6.45) is 2.27. The molecule has 1 saturated heterocycles. The summed E-state index contributed by atoms with van der Waals surface area (Å²) in [4.78, 5) is 29.8. The van der Waals surface area contributed by atoms with Crippen molar-refractivity contribution in [1.82, 2.24) is 9.88 Å². The first-order chi connectivity index (χ1) is 8.50. The van der Waals surface area contributed by atoms with Crippen molar-refractivity contribution in [3.8, 4) is 0 Å². The summed E-state index contributed by atoms with van der Waals surface area (Å²) in [6, 6.07) is -0.687. The third-order valence-corrected chi connectivity index (χ3v) is 4.21. The maximum atomic E-state index is 12.4. The van der Waals surface area contributed by atoms with Gasteiger partial charge in [-0.1, -0.05) is 0 Å². The lowest BCUT2D eigenvalue weighted by molar-refractivity contribution is -0.143. The van der Waals surface area contributed by atoms with Crippen molar-refractivity contribution in [2.45, 2.75) is 39.2 Å². The number of hydrogen-bond donors (Lipinski definition) is 1. The zero-order valence-electron chi connectivity index (χ0n) is 10.5. The van der Waals surface area contributed by atoms with Crippen LogP contribution in [0.2, 0.25) is 0 Å². The Balaban J connectivity index is 2.26. The molecule has 1 aromatic rings. The maximum Gasteiger partial charge on any atom is 0.326 e. The zero-order valence-corrected chi connectivity index (χ0v) is 11.3. The number of hydrogen-bond acceptors (Lipinski definition) is 4. The molecule has 6 heteroatoms. The third-order valence-electron chi connectivity index (χ3n) is 3.15. The number of carboxylic acid groups (broad SMARTS) is 1. The molecule has 1 N–H and O–H groups in total. The van der Waals surface area contributed by atoms with Crippen LogP contribution >= 0.6 is 11.3 Å². The molecule has 2 rings (SSSR count). The van der Waals surface area contributed by atoms with E-state index in [2.05, 4.69) is 4.98 Å². The van der Waals surface area contributed by atoms with Crippen LogP contribution in [-0.2, 0) is 4.79 Å². The Morgan fingerprint density at radius 1 is 1.39 bits per heavy atom. The van der Waals surface area contributed by atoms with Gasteiger partial charge in [-0.05, 0) is 33.1 Å². The molecule has 0 bridgehead atoms. The van der Waals surface area contributed by atoms with Crippen LogP contribution in [0.15, 0.2) is 0 Å². The third kappa shape index (κ3) is 2.38. The van der Waals surface area contributed by atoms with Crippen LogP contribution in [0.1, 0.15) is 39.6 Å². The monoisotopic (exact) mass is 268 g/mol. The minimum atomic E-state index is -0.915. The molecule has 1 aliphatic rings. The number of carboxylic acids is 1. The Morgan fingerprint density at radius 3 is 2.67 bits per heavy atom. The van der Waals surface area contributed by atoms with Crippen LogP contribution in [0, 0.1) is 13.8 Å². The highest BCUT2D eigenvalue weighted by molar-refractivity contribution is 7.13. The van der Waals surface area contributed by atoms with Crippen molar-refractivity contribution >= 4 is 23.2 Å². The van der Waals surface area contributed by atoms with Crippen LogP contribution in [0.4, 0.5) is 0 Å². The van der Waals surface area contributed by atoms with Crippen LogP contribution in [0.25, 0.3) is 0 Å². The van der Waals surface area contributed by atoms with E-state index in [9.17, 15) is 14.7 Å². The predicted molar refractivity (Wildman–Crippen MR) is 67.9 cm³/mol. The first-order valence-electron chi connectivity index (χ1n) is 5.98. The topological polar surface area (TPSA) is 70.5 Å². The second-order valence-corrected chi connectivity index (χ2v) is 5.70. The first-order valence-corrected chi connectivity index (χ1v) is 6.80. The molecule has 1 fully saturated rings. The average Bonchev–Trinajstić information content (AvgIpc) is 2.67. The van der Waals surface area contributed by atoms with E-state index >= 15 is 0 Å². The van der Waals surface area contributed by atoms with Gasteiger partial charge in [-0.25, -0.2) is 9.78 Å². The van der Waals surface area contributed by atoms with Gasteiger partial charge in [-0.15, -0.1) is 11.3 Å².